The fourth-order valence-corrected chi connectivity index (χ4v) is 3.85. The number of carbonyl (C=O) groups is 3. The average molecular weight is 425 g/mol. The van der Waals surface area contributed by atoms with Gasteiger partial charge < -0.3 is 16.4 Å². The summed E-state index contributed by atoms with van der Waals surface area (Å²) in [5, 5.41) is 12.6. The Kier molecular flexibility index (Phi) is 4.74. The lowest BCUT2D eigenvalue weighted by Gasteiger charge is -2.16. The monoisotopic (exact) mass is 425 g/mol. The van der Waals surface area contributed by atoms with Crippen molar-refractivity contribution in [2.45, 2.75) is 44.9 Å². The number of nitrogens with zero attached hydrogens (tertiary/aromatic N) is 4. The Morgan fingerprint density at radius 3 is 2.63 bits per heavy atom. The zero-order chi connectivity index (χ0) is 21.6. The fraction of sp³-hybridized carbons (Fsp3) is 0.471. The Balaban J connectivity index is 1.64. The molecule has 0 radical (unpaired) electrons. The highest BCUT2D eigenvalue weighted by Gasteiger charge is 2.40. The van der Waals surface area contributed by atoms with Gasteiger partial charge in [0.2, 0.25) is 5.91 Å². The number of aromatic nitrogens is 4. The van der Waals surface area contributed by atoms with Crippen LogP contribution < -0.4 is 16.4 Å². The van der Waals surface area contributed by atoms with Gasteiger partial charge in [0.25, 0.3) is 11.8 Å². The molecule has 10 nitrogen and oxygen atoms in total. The lowest BCUT2D eigenvalue weighted by molar-refractivity contribution is -0.142. The maximum atomic E-state index is 13.3. The predicted molar refractivity (Wildman–Crippen MR) is 95.6 cm³/mol. The van der Waals surface area contributed by atoms with Crippen LogP contribution in [0, 0.1) is 0 Å². The van der Waals surface area contributed by atoms with Gasteiger partial charge >= 0.3 is 6.18 Å². The predicted octanol–water partition coefficient (Wildman–Crippen LogP) is 0.458. The van der Waals surface area contributed by atoms with Crippen LogP contribution in [0.2, 0.25) is 0 Å². The van der Waals surface area contributed by atoms with E-state index in [2.05, 4.69) is 20.8 Å². The van der Waals surface area contributed by atoms with Crippen LogP contribution in [0.4, 0.5) is 18.9 Å². The van der Waals surface area contributed by atoms with Gasteiger partial charge in [-0.2, -0.15) is 23.4 Å². The molecule has 0 unspecified atom stereocenters. The summed E-state index contributed by atoms with van der Waals surface area (Å²) in [5.74, 6) is -2.25. The smallest absolute Gasteiger partial charge is 0.364 e. The Morgan fingerprint density at radius 2 is 1.93 bits per heavy atom. The van der Waals surface area contributed by atoms with Gasteiger partial charge in [0.15, 0.2) is 17.1 Å². The van der Waals surface area contributed by atoms with E-state index in [9.17, 15) is 27.6 Å². The first kappa shape index (κ1) is 19.9. The molecule has 0 aromatic carbocycles. The van der Waals surface area contributed by atoms with Crippen molar-refractivity contribution in [2.75, 3.05) is 11.9 Å². The number of hydrogen-bond acceptors (Lipinski definition) is 5. The lowest BCUT2D eigenvalue weighted by Crippen LogP contribution is -2.36. The third-order valence-electron chi connectivity index (χ3n) is 5.09. The molecule has 2 aromatic heterocycles. The van der Waals surface area contributed by atoms with Gasteiger partial charge in [-0.15, -0.1) is 0 Å². The van der Waals surface area contributed by atoms with E-state index in [1.54, 1.807) is 0 Å². The first-order valence-electron chi connectivity index (χ1n) is 9.31. The van der Waals surface area contributed by atoms with Gasteiger partial charge in [-0.1, -0.05) is 0 Å². The number of halogens is 3. The van der Waals surface area contributed by atoms with Crippen LogP contribution in [0.15, 0.2) is 0 Å². The largest absolute Gasteiger partial charge is 0.435 e. The molecule has 0 saturated heterocycles. The van der Waals surface area contributed by atoms with E-state index in [-0.39, 0.29) is 35.6 Å². The second-order valence-electron chi connectivity index (χ2n) is 7.10. The number of hydrogen-bond donors (Lipinski definition) is 3. The summed E-state index contributed by atoms with van der Waals surface area (Å²) < 4.78 is 42.3. The van der Waals surface area contributed by atoms with Gasteiger partial charge in [-0.25, -0.2) is 0 Å². The minimum Gasteiger partial charge on any atom is -0.364 e. The second kappa shape index (κ2) is 7.15. The summed E-state index contributed by atoms with van der Waals surface area (Å²) in [6.07, 6.45) is -2.68. The quantitative estimate of drug-likeness (QED) is 0.654. The summed E-state index contributed by atoms with van der Waals surface area (Å²) in [5.41, 5.74) is 4.30. The molecule has 30 heavy (non-hydrogen) atoms. The molecule has 4 rings (SSSR count). The number of amides is 3. The molecule has 0 bridgehead atoms. The number of nitrogens with one attached hydrogen (secondary N) is 2. The zero-order valence-corrected chi connectivity index (χ0v) is 15.7. The molecular weight excluding hydrogens is 407 g/mol. The van der Waals surface area contributed by atoms with Crippen LogP contribution in [-0.4, -0.2) is 43.8 Å². The summed E-state index contributed by atoms with van der Waals surface area (Å²) in [6.45, 7) is 0.0560. The zero-order valence-electron chi connectivity index (χ0n) is 15.7. The molecule has 3 amide bonds. The van der Waals surface area contributed by atoms with Crippen LogP contribution in [0.25, 0.3) is 0 Å². The van der Waals surface area contributed by atoms with Crippen molar-refractivity contribution < 1.29 is 27.6 Å². The van der Waals surface area contributed by atoms with Crippen molar-refractivity contribution in [2.24, 2.45) is 5.73 Å². The highest BCUT2D eigenvalue weighted by molar-refractivity contribution is 6.09. The van der Waals surface area contributed by atoms with Gasteiger partial charge in [-0.3, -0.25) is 23.7 Å². The van der Waals surface area contributed by atoms with E-state index in [0.717, 1.165) is 4.68 Å². The third kappa shape index (κ3) is 3.39. The molecule has 13 heteroatoms. The minimum atomic E-state index is -4.62. The number of carbonyl (C=O) groups excluding carboxylic acids is 3. The normalized spacial score (nSPS) is 15.9. The maximum Gasteiger partial charge on any atom is 0.435 e. The van der Waals surface area contributed by atoms with E-state index in [1.165, 1.54) is 4.68 Å². The fourth-order valence-electron chi connectivity index (χ4n) is 3.85. The van der Waals surface area contributed by atoms with E-state index in [0.29, 0.717) is 31.5 Å². The van der Waals surface area contributed by atoms with Crippen molar-refractivity contribution in [3.05, 3.63) is 28.3 Å². The van der Waals surface area contributed by atoms with Gasteiger partial charge in [0.1, 0.15) is 12.2 Å². The first-order chi connectivity index (χ1) is 14.2. The lowest BCUT2D eigenvalue weighted by atomic mass is 9.95. The highest BCUT2D eigenvalue weighted by atomic mass is 19.4. The van der Waals surface area contributed by atoms with E-state index in [1.807, 2.05) is 0 Å². The van der Waals surface area contributed by atoms with Crippen molar-refractivity contribution in [1.29, 1.82) is 0 Å². The number of nitrogens with two attached hydrogens (primary N) is 1. The Hall–Kier alpha value is -3.38. The van der Waals surface area contributed by atoms with Crippen molar-refractivity contribution in [3.8, 4) is 0 Å². The van der Waals surface area contributed by atoms with Crippen molar-refractivity contribution >= 4 is 23.4 Å². The molecule has 1 aliphatic carbocycles. The molecule has 4 N–H and O–H groups in total. The van der Waals surface area contributed by atoms with E-state index >= 15 is 0 Å². The van der Waals surface area contributed by atoms with Gasteiger partial charge in [0, 0.05) is 17.8 Å². The average Bonchev–Trinajstić information content (AvgIpc) is 3.22. The SMILES string of the molecule is NC(=O)c1nn2c(c1NC(=O)Cn1nc(C(F)(F)F)c3c1CCCC3)C(=O)NCC2. The minimum absolute atomic E-state index is 0.0399. The summed E-state index contributed by atoms with van der Waals surface area (Å²) in [6, 6.07) is 0. The molecule has 0 fully saturated rings. The first-order valence-corrected chi connectivity index (χ1v) is 9.31. The second-order valence-corrected chi connectivity index (χ2v) is 7.10. The standard InChI is InChI=1S/C17H18F3N7O3/c18-17(19,20)14-8-3-1-2-4-9(8)27(25-14)7-10(28)23-11-12(15(21)29)24-26-6-5-22-16(30)13(11)26/h1-7H2,(H2,21,29)(H,22,30)(H,23,28). The van der Waals surface area contributed by atoms with E-state index < -0.39 is 36.1 Å². The molecule has 0 spiro atoms. The Bertz CT molecular complexity index is 1050. The third-order valence-corrected chi connectivity index (χ3v) is 5.09. The topological polar surface area (TPSA) is 137 Å². The van der Waals surface area contributed by atoms with Crippen molar-refractivity contribution in [1.82, 2.24) is 24.9 Å². The van der Waals surface area contributed by atoms with E-state index in [4.69, 9.17) is 5.73 Å². The highest BCUT2D eigenvalue weighted by Crippen LogP contribution is 2.35. The number of primary amides is 1. The number of fused-ring (bicyclic) bond motifs is 2. The molecule has 160 valence electrons. The summed E-state index contributed by atoms with van der Waals surface area (Å²) in [4.78, 5) is 36.5. The molecule has 0 saturated carbocycles. The van der Waals surface area contributed by atoms with Crippen LogP contribution >= 0.6 is 0 Å². The molecular formula is C17H18F3N7O3. The van der Waals surface area contributed by atoms with Crippen LogP contribution in [-0.2, 0) is 36.9 Å². The molecule has 0 atom stereocenters. The Morgan fingerprint density at radius 1 is 1.20 bits per heavy atom. The molecule has 3 heterocycles. The Labute approximate surface area is 167 Å². The molecule has 2 aliphatic rings. The van der Waals surface area contributed by atoms with Gasteiger partial charge in [-0.05, 0) is 25.7 Å². The molecule has 2 aromatic rings. The maximum absolute atomic E-state index is 13.3. The van der Waals surface area contributed by atoms with Gasteiger partial charge in [0.05, 0.1) is 6.54 Å². The number of rotatable bonds is 4. The van der Waals surface area contributed by atoms with Crippen LogP contribution in [0.1, 0.15) is 50.8 Å². The van der Waals surface area contributed by atoms with Crippen LogP contribution in [0.3, 0.4) is 0 Å². The summed E-state index contributed by atoms with van der Waals surface area (Å²) in [7, 11) is 0. The van der Waals surface area contributed by atoms with Crippen molar-refractivity contribution in [3.63, 3.8) is 0 Å². The summed E-state index contributed by atoms with van der Waals surface area (Å²) >= 11 is 0. The number of anilines is 1. The molecule has 1 aliphatic heterocycles. The number of alkyl halides is 3. The van der Waals surface area contributed by atoms with Crippen LogP contribution in [0.5, 0.6) is 0 Å².